The molecule has 0 bridgehead atoms. The van der Waals surface area contributed by atoms with Crippen LogP contribution in [-0.4, -0.2) is 54.7 Å². The van der Waals surface area contributed by atoms with Gasteiger partial charge in [0, 0.05) is 26.2 Å². The van der Waals surface area contributed by atoms with E-state index in [0.717, 1.165) is 51.3 Å². The van der Waals surface area contributed by atoms with E-state index in [1.807, 2.05) is 23.1 Å². The number of nitrogens with zero attached hydrogens (tertiary/aromatic N) is 2. The fraction of sp³-hybridized carbons (Fsp3) is 0.533. The topological polar surface area (TPSA) is 55.8 Å². The van der Waals surface area contributed by atoms with Crippen molar-refractivity contribution in [2.75, 3.05) is 37.6 Å². The first-order valence-electron chi connectivity index (χ1n) is 7.31. The molecule has 2 aliphatic heterocycles. The summed E-state index contributed by atoms with van der Waals surface area (Å²) in [7, 11) is 0. The summed E-state index contributed by atoms with van der Waals surface area (Å²) in [5.41, 5.74) is 0.860. The summed E-state index contributed by atoms with van der Waals surface area (Å²) in [4.78, 5) is 16.4. The molecule has 1 aromatic carbocycles. The molecule has 1 atom stereocenters. The molecule has 3 rings (SSSR count). The van der Waals surface area contributed by atoms with Crippen LogP contribution in [0.1, 0.15) is 12.8 Å². The summed E-state index contributed by atoms with van der Waals surface area (Å²) in [6, 6.07) is 7.40. The Hall–Kier alpha value is -1.75. The first-order valence-corrected chi connectivity index (χ1v) is 7.31. The molecular weight excluding hydrogens is 254 g/mol. The number of hydrogen-bond acceptors (Lipinski definition) is 4. The maximum Gasteiger partial charge on any atom is 0.239 e. The average molecular weight is 275 g/mol. The van der Waals surface area contributed by atoms with Crippen molar-refractivity contribution < 1.29 is 9.90 Å². The van der Waals surface area contributed by atoms with Gasteiger partial charge in [-0.05, 0) is 31.5 Å². The predicted octanol–water partition coefficient (Wildman–Crippen LogP) is 0.793. The molecule has 1 amide bonds. The lowest BCUT2D eigenvalue weighted by Crippen LogP contribution is -2.53. The molecular formula is C15H21N3O2. The lowest BCUT2D eigenvalue weighted by Gasteiger charge is -2.37. The third kappa shape index (κ3) is 2.58. The van der Waals surface area contributed by atoms with E-state index in [1.165, 1.54) is 0 Å². The number of phenolic OH excluding ortho intramolecular Hbond substituents is 1. The van der Waals surface area contributed by atoms with E-state index in [2.05, 4.69) is 10.2 Å². The van der Waals surface area contributed by atoms with E-state index in [-0.39, 0.29) is 11.9 Å². The molecule has 5 heteroatoms. The summed E-state index contributed by atoms with van der Waals surface area (Å²) in [5.74, 6) is 0.546. The van der Waals surface area contributed by atoms with Gasteiger partial charge in [-0.25, -0.2) is 0 Å². The molecule has 20 heavy (non-hydrogen) atoms. The molecule has 0 aromatic heterocycles. The van der Waals surface area contributed by atoms with Crippen molar-refractivity contribution in [3.8, 4) is 5.75 Å². The standard InChI is InChI=1S/C15H21N3O2/c19-14-6-2-1-5-13(14)17-8-10-18(11-9-17)15(20)12-4-3-7-16-12/h1-2,5-6,12,16,19H,3-4,7-11H2/t12-/m1/s1. The minimum Gasteiger partial charge on any atom is -0.506 e. The number of benzene rings is 1. The van der Waals surface area contributed by atoms with Gasteiger partial charge in [0.2, 0.25) is 5.91 Å². The zero-order chi connectivity index (χ0) is 13.9. The molecule has 0 unspecified atom stereocenters. The molecule has 5 nitrogen and oxygen atoms in total. The number of piperazine rings is 1. The van der Waals surface area contributed by atoms with Crippen LogP contribution in [0.4, 0.5) is 5.69 Å². The zero-order valence-electron chi connectivity index (χ0n) is 11.6. The number of carbonyl (C=O) groups is 1. The van der Waals surface area contributed by atoms with Crippen LogP contribution in [0.25, 0.3) is 0 Å². The van der Waals surface area contributed by atoms with Gasteiger partial charge in [-0.1, -0.05) is 12.1 Å². The third-order valence-corrected chi connectivity index (χ3v) is 4.17. The van der Waals surface area contributed by atoms with E-state index in [4.69, 9.17) is 0 Å². The van der Waals surface area contributed by atoms with Crippen molar-refractivity contribution in [1.82, 2.24) is 10.2 Å². The molecule has 2 saturated heterocycles. The molecule has 1 aromatic rings. The fourth-order valence-corrected chi connectivity index (χ4v) is 3.02. The molecule has 0 radical (unpaired) electrons. The van der Waals surface area contributed by atoms with Gasteiger partial charge in [-0.3, -0.25) is 4.79 Å². The number of aromatic hydroxyl groups is 1. The van der Waals surface area contributed by atoms with Gasteiger partial charge in [0.25, 0.3) is 0 Å². The minimum atomic E-state index is 0.0201. The van der Waals surface area contributed by atoms with Crippen LogP contribution in [0.2, 0.25) is 0 Å². The van der Waals surface area contributed by atoms with Crippen molar-refractivity contribution in [3.05, 3.63) is 24.3 Å². The highest BCUT2D eigenvalue weighted by atomic mass is 16.3. The Morgan fingerprint density at radius 1 is 1.20 bits per heavy atom. The Morgan fingerprint density at radius 3 is 2.60 bits per heavy atom. The van der Waals surface area contributed by atoms with Crippen molar-refractivity contribution in [3.63, 3.8) is 0 Å². The van der Waals surface area contributed by atoms with Crippen LogP contribution in [0.15, 0.2) is 24.3 Å². The Morgan fingerprint density at radius 2 is 1.95 bits per heavy atom. The quantitative estimate of drug-likeness (QED) is 0.838. The second-order valence-electron chi connectivity index (χ2n) is 5.45. The van der Waals surface area contributed by atoms with E-state index in [1.54, 1.807) is 6.07 Å². The molecule has 2 fully saturated rings. The van der Waals surface area contributed by atoms with Gasteiger partial charge in [-0.2, -0.15) is 0 Å². The molecule has 0 spiro atoms. The second-order valence-corrected chi connectivity index (χ2v) is 5.45. The van der Waals surface area contributed by atoms with Crippen molar-refractivity contribution >= 4 is 11.6 Å². The number of carbonyl (C=O) groups excluding carboxylic acids is 1. The molecule has 0 aliphatic carbocycles. The summed E-state index contributed by atoms with van der Waals surface area (Å²) in [6.45, 7) is 3.96. The Labute approximate surface area is 119 Å². The maximum absolute atomic E-state index is 12.3. The lowest BCUT2D eigenvalue weighted by atomic mass is 10.1. The highest BCUT2D eigenvalue weighted by Gasteiger charge is 2.29. The summed E-state index contributed by atoms with van der Waals surface area (Å²) < 4.78 is 0. The third-order valence-electron chi connectivity index (χ3n) is 4.17. The number of phenols is 1. The van der Waals surface area contributed by atoms with Crippen molar-refractivity contribution in [2.24, 2.45) is 0 Å². The second kappa shape index (κ2) is 5.71. The number of hydrogen-bond donors (Lipinski definition) is 2. The number of rotatable bonds is 2. The number of nitrogens with one attached hydrogen (secondary N) is 1. The largest absolute Gasteiger partial charge is 0.506 e. The Bertz CT molecular complexity index is 478. The van der Waals surface area contributed by atoms with Gasteiger partial charge in [0.1, 0.15) is 5.75 Å². The van der Waals surface area contributed by atoms with Gasteiger partial charge in [0.15, 0.2) is 0 Å². The molecule has 2 N–H and O–H groups in total. The van der Waals surface area contributed by atoms with E-state index < -0.39 is 0 Å². The van der Waals surface area contributed by atoms with Crippen LogP contribution in [-0.2, 0) is 4.79 Å². The average Bonchev–Trinajstić information content (AvgIpc) is 3.01. The smallest absolute Gasteiger partial charge is 0.239 e. The zero-order valence-corrected chi connectivity index (χ0v) is 11.6. The van der Waals surface area contributed by atoms with Crippen LogP contribution in [0.3, 0.4) is 0 Å². The lowest BCUT2D eigenvalue weighted by molar-refractivity contribution is -0.133. The van der Waals surface area contributed by atoms with Gasteiger partial charge >= 0.3 is 0 Å². The van der Waals surface area contributed by atoms with Crippen LogP contribution < -0.4 is 10.2 Å². The summed E-state index contributed by atoms with van der Waals surface area (Å²) >= 11 is 0. The fourth-order valence-electron chi connectivity index (χ4n) is 3.02. The first kappa shape index (κ1) is 13.2. The monoisotopic (exact) mass is 275 g/mol. The highest BCUT2D eigenvalue weighted by Crippen LogP contribution is 2.27. The van der Waals surface area contributed by atoms with Crippen molar-refractivity contribution in [1.29, 1.82) is 0 Å². The molecule has 2 aliphatic rings. The van der Waals surface area contributed by atoms with Crippen LogP contribution in [0, 0.1) is 0 Å². The molecule has 2 heterocycles. The van der Waals surface area contributed by atoms with Gasteiger partial charge in [-0.15, -0.1) is 0 Å². The van der Waals surface area contributed by atoms with Crippen LogP contribution in [0.5, 0.6) is 5.75 Å². The SMILES string of the molecule is O=C([C@H]1CCCN1)N1CCN(c2ccccc2O)CC1. The van der Waals surface area contributed by atoms with Gasteiger partial charge < -0.3 is 20.2 Å². The number of para-hydroxylation sites is 2. The van der Waals surface area contributed by atoms with E-state index in [9.17, 15) is 9.90 Å². The van der Waals surface area contributed by atoms with Crippen LogP contribution >= 0.6 is 0 Å². The highest BCUT2D eigenvalue weighted by molar-refractivity contribution is 5.82. The summed E-state index contributed by atoms with van der Waals surface area (Å²) in [6.07, 6.45) is 2.05. The minimum absolute atomic E-state index is 0.0201. The van der Waals surface area contributed by atoms with E-state index in [0.29, 0.717) is 5.75 Å². The maximum atomic E-state index is 12.3. The molecule has 108 valence electrons. The number of anilines is 1. The molecule has 0 saturated carbocycles. The Balaban J connectivity index is 1.59. The Kier molecular flexibility index (Phi) is 3.78. The normalized spacial score (nSPS) is 23.1. The van der Waals surface area contributed by atoms with Gasteiger partial charge in [0.05, 0.1) is 11.7 Å². The predicted molar refractivity (Wildman–Crippen MR) is 77.9 cm³/mol. The van der Waals surface area contributed by atoms with E-state index >= 15 is 0 Å². The van der Waals surface area contributed by atoms with Crippen molar-refractivity contribution in [2.45, 2.75) is 18.9 Å². The number of amides is 1. The summed E-state index contributed by atoms with van der Waals surface area (Å²) in [5, 5.41) is 13.1. The first-order chi connectivity index (χ1) is 9.75.